The third kappa shape index (κ3) is 5.90. The monoisotopic (exact) mass is 326 g/mol. The first-order valence-corrected chi connectivity index (χ1v) is 7.68. The molecule has 0 aliphatic carbocycles. The van der Waals surface area contributed by atoms with Crippen LogP contribution in [0.3, 0.4) is 0 Å². The van der Waals surface area contributed by atoms with Gasteiger partial charge in [0.1, 0.15) is 0 Å². The van der Waals surface area contributed by atoms with Gasteiger partial charge in [-0.05, 0) is 32.4 Å². The number of carboxylic acid groups (broad SMARTS) is 2. The summed E-state index contributed by atoms with van der Waals surface area (Å²) in [6.45, 7) is 5.80. The SMILES string of the molecule is CC(C)[C@H](NC(=O)O)c1cn(C[C@@H]2CCCN2C)cn1.O=CO. The van der Waals surface area contributed by atoms with Gasteiger partial charge in [0.25, 0.3) is 6.47 Å². The molecule has 1 aliphatic rings. The second-order valence-corrected chi connectivity index (χ2v) is 6.05. The Morgan fingerprint density at radius 2 is 2.22 bits per heavy atom. The Morgan fingerprint density at radius 3 is 2.70 bits per heavy atom. The largest absolute Gasteiger partial charge is 0.483 e. The molecule has 0 radical (unpaired) electrons. The number of aromatic nitrogens is 2. The molecular formula is C15H26N4O4. The van der Waals surface area contributed by atoms with Crippen LogP contribution in [0.1, 0.15) is 38.4 Å². The van der Waals surface area contributed by atoms with Crippen LogP contribution in [0.5, 0.6) is 0 Å². The highest BCUT2D eigenvalue weighted by Crippen LogP contribution is 2.21. The maximum absolute atomic E-state index is 10.9. The Morgan fingerprint density at radius 1 is 1.57 bits per heavy atom. The van der Waals surface area contributed by atoms with E-state index in [0.717, 1.165) is 18.8 Å². The number of hydrogen-bond acceptors (Lipinski definition) is 4. The zero-order valence-electron chi connectivity index (χ0n) is 13.8. The molecule has 1 fully saturated rings. The zero-order chi connectivity index (χ0) is 17.4. The first-order valence-electron chi connectivity index (χ1n) is 7.68. The predicted octanol–water partition coefficient (Wildman–Crippen LogP) is 1.64. The molecule has 1 amide bonds. The Balaban J connectivity index is 0.000000816. The fourth-order valence-electron chi connectivity index (χ4n) is 2.81. The molecule has 1 saturated heterocycles. The smallest absolute Gasteiger partial charge is 0.405 e. The third-order valence-corrected chi connectivity index (χ3v) is 4.01. The van der Waals surface area contributed by atoms with Gasteiger partial charge in [0.2, 0.25) is 0 Å². The molecule has 1 aromatic heterocycles. The number of amides is 1. The van der Waals surface area contributed by atoms with E-state index >= 15 is 0 Å². The van der Waals surface area contributed by atoms with Crippen molar-refractivity contribution in [3.05, 3.63) is 18.2 Å². The maximum atomic E-state index is 10.9. The summed E-state index contributed by atoms with van der Waals surface area (Å²) in [4.78, 5) is 26.0. The molecule has 0 unspecified atom stereocenters. The van der Waals surface area contributed by atoms with Crippen molar-refractivity contribution in [2.45, 2.75) is 45.3 Å². The summed E-state index contributed by atoms with van der Waals surface area (Å²) in [6, 6.07) is 0.303. The number of likely N-dealkylation sites (N-methyl/N-ethyl adjacent to an activating group) is 1. The molecule has 2 heterocycles. The average Bonchev–Trinajstić information content (AvgIpc) is 3.07. The number of carbonyl (C=O) groups is 2. The van der Waals surface area contributed by atoms with Gasteiger partial charge in [0.05, 0.1) is 18.1 Å². The number of rotatable bonds is 5. The maximum Gasteiger partial charge on any atom is 0.405 e. The first kappa shape index (κ1) is 19.0. The van der Waals surface area contributed by atoms with Crippen molar-refractivity contribution in [3.8, 4) is 0 Å². The van der Waals surface area contributed by atoms with E-state index in [0.29, 0.717) is 6.04 Å². The van der Waals surface area contributed by atoms with Crippen LogP contribution >= 0.6 is 0 Å². The van der Waals surface area contributed by atoms with Gasteiger partial charge in [-0.1, -0.05) is 13.8 Å². The highest BCUT2D eigenvalue weighted by atomic mass is 16.4. The van der Waals surface area contributed by atoms with Crippen molar-refractivity contribution in [2.24, 2.45) is 5.92 Å². The van der Waals surface area contributed by atoms with Gasteiger partial charge >= 0.3 is 6.09 Å². The number of nitrogens with one attached hydrogen (secondary N) is 1. The molecule has 2 rings (SSSR count). The third-order valence-electron chi connectivity index (χ3n) is 4.01. The summed E-state index contributed by atoms with van der Waals surface area (Å²) in [6.07, 6.45) is 5.23. The van der Waals surface area contributed by atoms with Crippen LogP contribution in [-0.4, -0.2) is 56.9 Å². The molecule has 0 saturated carbocycles. The minimum Gasteiger partial charge on any atom is -0.483 e. The molecule has 23 heavy (non-hydrogen) atoms. The molecule has 8 heteroatoms. The summed E-state index contributed by atoms with van der Waals surface area (Å²) in [5.41, 5.74) is 0.794. The van der Waals surface area contributed by atoms with Gasteiger partial charge in [0, 0.05) is 18.8 Å². The van der Waals surface area contributed by atoms with Gasteiger partial charge in [-0.15, -0.1) is 0 Å². The lowest BCUT2D eigenvalue weighted by molar-refractivity contribution is -0.122. The summed E-state index contributed by atoms with van der Waals surface area (Å²) < 4.78 is 2.07. The van der Waals surface area contributed by atoms with E-state index in [1.165, 1.54) is 12.8 Å². The van der Waals surface area contributed by atoms with Crippen molar-refractivity contribution in [1.82, 2.24) is 19.8 Å². The van der Waals surface area contributed by atoms with Crippen LogP contribution in [0.4, 0.5) is 4.79 Å². The molecule has 0 bridgehead atoms. The molecule has 0 spiro atoms. The highest BCUT2D eigenvalue weighted by Gasteiger charge is 2.23. The summed E-state index contributed by atoms with van der Waals surface area (Å²) in [5, 5.41) is 18.3. The van der Waals surface area contributed by atoms with Gasteiger partial charge in [-0.25, -0.2) is 9.78 Å². The summed E-state index contributed by atoms with van der Waals surface area (Å²) in [5.74, 6) is 0.170. The second-order valence-electron chi connectivity index (χ2n) is 6.05. The fourth-order valence-corrected chi connectivity index (χ4v) is 2.81. The standard InChI is InChI=1S/C14H24N4O2.CH2O2/c1-10(2)13(16-14(19)20)12-8-18(9-15-12)7-11-5-4-6-17(11)3;2-1-3/h8-11,13,16H,4-7H2,1-3H3,(H,19,20);1H,(H,2,3)/t11-,13-;/m0./s1. The molecule has 0 aromatic carbocycles. The molecule has 1 aliphatic heterocycles. The van der Waals surface area contributed by atoms with Crippen LogP contribution in [0, 0.1) is 5.92 Å². The number of hydrogen-bond donors (Lipinski definition) is 3. The van der Waals surface area contributed by atoms with Crippen LogP contribution in [0.15, 0.2) is 12.5 Å². The topological polar surface area (TPSA) is 108 Å². The summed E-state index contributed by atoms with van der Waals surface area (Å²) in [7, 11) is 2.15. The van der Waals surface area contributed by atoms with Crippen molar-refractivity contribution in [1.29, 1.82) is 0 Å². The van der Waals surface area contributed by atoms with Gasteiger partial charge < -0.3 is 25.0 Å². The average molecular weight is 326 g/mol. The van der Waals surface area contributed by atoms with Crippen molar-refractivity contribution >= 4 is 12.6 Å². The Kier molecular flexibility index (Phi) is 7.53. The van der Waals surface area contributed by atoms with E-state index in [1.807, 2.05) is 20.0 Å². The molecule has 130 valence electrons. The minimum absolute atomic E-state index is 0.170. The lowest BCUT2D eigenvalue weighted by Crippen LogP contribution is -2.30. The van der Waals surface area contributed by atoms with E-state index < -0.39 is 6.09 Å². The van der Waals surface area contributed by atoms with Crippen LogP contribution in [-0.2, 0) is 11.3 Å². The van der Waals surface area contributed by atoms with Crippen LogP contribution in [0.2, 0.25) is 0 Å². The quantitative estimate of drug-likeness (QED) is 0.710. The van der Waals surface area contributed by atoms with Crippen LogP contribution < -0.4 is 5.32 Å². The van der Waals surface area contributed by atoms with E-state index in [-0.39, 0.29) is 18.4 Å². The zero-order valence-corrected chi connectivity index (χ0v) is 13.8. The Labute approximate surface area is 136 Å². The van der Waals surface area contributed by atoms with Gasteiger partial charge in [-0.3, -0.25) is 4.79 Å². The highest BCUT2D eigenvalue weighted by molar-refractivity contribution is 5.65. The fraction of sp³-hybridized carbons (Fsp3) is 0.667. The number of imidazole rings is 1. The molecule has 2 atom stereocenters. The molecule has 8 nitrogen and oxygen atoms in total. The molecular weight excluding hydrogens is 300 g/mol. The lowest BCUT2D eigenvalue weighted by Gasteiger charge is -2.20. The van der Waals surface area contributed by atoms with Gasteiger partial charge in [0.15, 0.2) is 0 Å². The second kappa shape index (κ2) is 9.14. The molecule has 3 N–H and O–H groups in total. The molecule has 1 aromatic rings. The van der Waals surface area contributed by atoms with E-state index in [2.05, 4.69) is 26.8 Å². The Hall–Kier alpha value is -2.09. The van der Waals surface area contributed by atoms with E-state index in [1.54, 1.807) is 6.33 Å². The number of likely N-dealkylation sites (tertiary alicyclic amines) is 1. The van der Waals surface area contributed by atoms with Crippen molar-refractivity contribution < 1.29 is 19.8 Å². The normalized spacial score (nSPS) is 19.0. The Bertz CT molecular complexity index is 503. The predicted molar refractivity (Wildman–Crippen MR) is 85.3 cm³/mol. The van der Waals surface area contributed by atoms with Gasteiger partial charge in [-0.2, -0.15) is 0 Å². The van der Waals surface area contributed by atoms with E-state index in [9.17, 15) is 4.79 Å². The van der Waals surface area contributed by atoms with E-state index in [4.69, 9.17) is 15.0 Å². The number of nitrogens with zero attached hydrogens (tertiary/aromatic N) is 3. The summed E-state index contributed by atoms with van der Waals surface area (Å²) >= 11 is 0. The van der Waals surface area contributed by atoms with Crippen molar-refractivity contribution in [2.75, 3.05) is 13.6 Å². The lowest BCUT2D eigenvalue weighted by atomic mass is 10.0. The minimum atomic E-state index is -1.01. The first-order chi connectivity index (χ1) is 10.9. The van der Waals surface area contributed by atoms with Crippen LogP contribution in [0.25, 0.3) is 0 Å². The van der Waals surface area contributed by atoms with Crippen molar-refractivity contribution in [3.63, 3.8) is 0 Å².